The van der Waals surface area contributed by atoms with Crippen LogP contribution in [0, 0.1) is 0 Å². The molecule has 0 saturated carbocycles. The summed E-state index contributed by atoms with van der Waals surface area (Å²) in [7, 11) is 0. The van der Waals surface area contributed by atoms with E-state index < -0.39 is 5.97 Å². The van der Waals surface area contributed by atoms with Crippen LogP contribution in [0.3, 0.4) is 0 Å². The Morgan fingerprint density at radius 3 is 3.25 bits per heavy atom. The molecule has 0 aromatic carbocycles. The third-order valence-electron chi connectivity index (χ3n) is 1.70. The molecule has 0 atom stereocenters. The maximum atomic E-state index is 10.4. The molecule has 2 aromatic rings. The summed E-state index contributed by atoms with van der Waals surface area (Å²) in [6.45, 7) is 0. The van der Waals surface area contributed by atoms with Gasteiger partial charge in [0, 0.05) is 6.20 Å². The van der Waals surface area contributed by atoms with E-state index >= 15 is 0 Å². The summed E-state index contributed by atoms with van der Waals surface area (Å²) in [4.78, 5) is 13.4. The molecule has 2 heterocycles. The number of carbonyl (C=O) groups is 1. The lowest BCUT2D eigenvalue weighted by molar-refractivity contribution is -0.136. The van der Waals surface area contributed by atoms with Crippen molar-refractivity contribution >= 4 is 27.5 Å². The number of thiophene rings is 1. The average Bonchev–Trinajstić information content (AvgIpc) is 2.52. The van der Waals surface area contributed by atoms with E-state index in [-0.39, 0.29) is 6.42 Å². The van der Waals surface area contributed by atoms with E-state index in [1.54, 1.807) is 17.5 Å². The fraction of sp³-hybridized carbons (Fsp3) is 0.125. The van der Waals surface area contributed by atoms with Gasteiger partial charge < -0.3 is 10.1 Å². The summed E-state index contributed by atoms with van der Waals surface area (Å²) in [6, 6.07) is 1.95. The number of aromatic amines is 1. The topological polar surface area (TPSA) is 53.1 Å². The third-order valence-corrected chi connectivity index (χ3v) is 2.69. The van der Waals surface area contributed by atoms with Gasteiger partial charge in [-0.25, -0.2) is 0 Å². The molecule has 3 nitrogen and oxygen atoms in total. The number of aliphatic carboxylic acids is 1. The predicted octanol–water partition coefficient (Wildman–Crippen LogP) is 1.86. The van der Waals surface area contributed by atoms with Crippen molar-refractivity contribution in [2.75, 3.05) is 0 Å². The lowest BCUT2D eigenvalue weighted by atomic mass is 10.2. The minimum atomic E-state index is -0.788. The molecule has 2 N–H and O–H groups in total. The van der Waals surface area contributed by atoms with Crippen molar-refractivity contribution in [3.8, 4) is 0 Å². The number of carboxylic acid groups (broad SMARTS) is 1. The van der Waals surface area contributed by atoms with Gasteiger partial charge in [-0.3, -0.25) is 4.79 Å². The molecule has 0 radical (unpaired) electrons. The Balaban J connectivity index is 2.47. The zero-order chi connectivity index (χ0) is 8.55. The van der Waals surface area contributed by atoms with Gasteiger partial charge in [-0.1, -0.05) is 0 Å². The zero-order valence-corrected chi connectivity index (χ0v) is 7.02. The van der Waals surface area contributed by atoms with Gasteiger partial charge in [0.05, 0.1) is 16.6 Å². The van der Waals surface area contributed by atoms with Crippen LogP contribution in [0.5, 0.6) is 0 Å². The highest BCUT2D eigenvalue weighted by Gasteiger charge is 2.07. The fourth-order valence-electron chi connectivity index (χ4n) is 1.20. The van der Waals surface area contributed by atoms with Crippen molar-refractivity contribution in [2.45, 2.75) is 6.42 Å². The van der Waals surface area contributed by atoms with Crippen LogP contribution >= 0.6 is 11.3 Å². The smallest absolute Gasteiger partial charge is 0.307 e. The SMILES string of the molecule is O=C(O)Cc1c[nH]c2ccsc12. The van der Waals surface area contributed by atoms with Crippen molar-refractivity contribution in [3.63, 3.8) is 0 Å². The molecular weight excluding hydrogens is 174 g/mol. The molecule has 0 unspecified atom stereocenters. The lowest BCUT2D eigenvalue weighted by Gasteiger charge is -1.88. The normalized spacial score (nSPS) is 10.7. The minimum absolute atomic E-state index is 0.0977. The van der Waals surface area contributed by atoms with Crippen molar-refractivity contribution in [2.24, 2.45) is 0 Å². The van der Waals surface area contributed by atoms with Crippen molar-refractivity contribution < 1.29 is 9.90 Å². The first kappa shape index (κ1) is 7.36. The van der Waals surface area contributed by atoms with Crippen LogP contribution in [-0.2, 0) is 11.2 Å². The monoisotopic (exact) mass is 181 g/mol. The maximum Gasteiger partial charge on any atom is 0.307 e. The third kappa shape index (κ3) is 1.10. The molecule has 0 spiro atoms. The quantitative estimate of drug-likeness (QED) is 0.742. The van der Waals surface area contributed by atoms with Gasteiger partial charge >= 0.3 is 5.97 Å². The number of carboxylic acids is 1. The van der Waals surface area contributed by atoms with E-state index in [0.717, 1.165) is 15.8 Å². The van der Waals surface area contributed by atoms with Crippen LogP contribution in [0.1, 0.15) is 5.56 Å². The summed E-state index contributed by atoms with van der Waals surface area (Å²) in [5.41, 5.74) is 1.89. The van der Waals surface area contributed by atoms with E-state index in [4.69, 9.17) is 5.11 Å². The second-order valence-electron chi connectivity index (χ2n) is 2.55. The summed E-state index contributed by atoms with van der Waals surface area (Å²) in [6.07, 6.45) is 1.86. The number of fused-ring (bicyclic) bond motifs is 1. The first-order valence-electron chi connectivity index (χ1n) is 3.52. The molecule has 2 aromatic heterocycles. The van der Waals surface area contributed by atoms with Gasteiger partial charge in [0.25, 0.3) is 0 Å². The number of rotatable bonds is 2. The molecule has 0 aliphatic carbocycles. The lowest BCUT2D eigenvalue weighted by Crippen LogP contribution is -1.98. The summed E-state index contributed by atoms with van der Waals surface area (Å²) < 4.78 is 1.05. The van der Waals surface area contributed by atoms with Gasteiger partial charge in [0.15, 0.2) is 0 Å². The Labute approximate surface area is 72.6 Å². The molecule has 0 saturated heterocycles. The maximum absolute atomic E-state index is 10.4. The van der Waals surface area contributed by atoms with E-state index in [2.05, 4.69) is 4.98 Å². The van der Waals surface area contributed by atoms with Gasteiger partial charge in [0.1, 0.15) is 0 Å². The van der Waals surface area contributed by atoms with E-state index in [0.29, 0.717) is 0 Å². The Bertz CT molecular complexity index is 415. The predicted molar refractivity (Wildman–Crippen MR) is 47.5 cm³/mol. The molecule has 4 heteroatoms. The number of hydrogen-bond donors (Lipinski definition) is 2. The Morgan fingerprint density at radius 2 is 2.50 bits per heavy atom. The van der Waals surface area contributed by atoms with Gasteiger partial charge in [-0.2, -0.15) is 0 Å². The molecule has 62 valence electrons. The highest BCUT2D eigenvalue weighted by molar-refractivity contribution is 7.17. The van der Waals surface area contributed by atoms with Crippen LogP contribution in [0.2, 0.25) is 0 Å². The Kier molecular flexibility index (Phi) is 1.62. The molecule has 0 amide bonds. The van der Waals surface area contributed by atoms with E-state index in [1.165, 1.54) is 0 Å². The largest absolute Gasteiger partial charge is 0.481 e. The van der Waals surface area contributed by atoms with E-state index in [1.807, 2.05) is 11.4 Å². The number of nitrogens with one attached hydrogen (secondary N) is 1. The van der Waals surface area contributed by atoms with Gasteiger partial charge in [0.2, 0.25) is 0 Å². The standard InChI is InChI=1S/C8H7NO2S/c10-7(11)3-5-4-9-6-1-2-12-8(5)6/h1-2,4,9H,3H2,(H,10,11). The van der Waals surface area contributed by atoms with Gasteiger partial charge in [-0.05, 0) is 17.0 Å². The molecule has 2 rings (SSSR count). The Morgan fingerprint density at radius 1 is 1.67 bits per heavy atom. The molecule has 0 bridgehead atoms. The number of H-pyrrole nitrogens is 1. The van der Waals surface area contributed by atoms with Crippen LogP contribution in [0.4, 0.5) is 0 Å². The van der Waals surface area contributed by atoms with Crippen LogP contribution in [-0.4, -0.2) is 16.1 Å². The first-order chi connectivity index (χ1) is 5.77. The van der Waals surface area contributed by atoms with Gasteiger partial charge in [-0.15, -0.1) is 11.3 Å². The van der Waals surface area contributed by atoms with Crippen molar-refractivity contribution in [1.82, 2.24) is 4.98 Å². The summed E-state index contributed by atoms with van der Waals surface area (Å²) in [5, 5.41) is 10.5. The van der Waals surface area contributed by atoms with Crippen molar-refractivity contribution in [1.29, 1.82) is 0 Å². The highest BCUT2D eigenvalue weighted by Crippen LogP contribution is 2.24. The average molecular weight is 181 g/mol. The second-order valence-corrected chi connectivity index (χ2v) is 3.46. The van der Waals surface area contributed by atoms with Crippen LogP contribution in [0.15, 0.2) is 17.6 Å². The van der Waals surface area contributed by atoms with Crippen LogP contribution < -0.4 is 0 Å². The van der Waals surface area contributed by atoms with E-state index in [9.17, 15) is 4.79 Å². The number of aromatic nitrogens is 1. The minimum Gasteiger partial charge on any atom is -0.481 e. The van der Waals surface area contributed by atoms with Crippen molar-refractivity contribution in [3.05, 3.63) is 23.2 Å². The molecular formula is C8H7NO2S. The zero-order valence-electron chi connectivity index (χ0n) is 6.20. The van der Waals surface area contributed by atoms with Crippen LogP contribution in [0.25, 0.3) is 10.2 Å². The second kappa shape index (κ2) is 2.64. The fourth-order valence-corrected chi connectivity index (χ4v) is 2.07. The molecule has 0 fully saturated rings. The first-order valence-corrected chi connectivity index (χ1v) is 4.40. The summed E-state index contributed by atoms with van der Waals surface area (Å²) in [5.74, 6) is -0.788. The molecule has 12 heavy (non-hydrogen) atoms. The Hall–Kier alpha value is -1.29. The summed E-state index contributed by atoms with van der Waals surface area (Å²) >= 11 is 1.57. The number of hydrogen-bond acceptors (Lipinski definition) is 2. The molecule has 0 aliphatic heterocycles. The molecule has 0 aliphatic rings. The highest BCUT2D eigenvalue weighted by atomic mass is 32.1.